The number of carbonyl (C=O) groups excluding carboxylic acids is 1. The minimum absolute atomic E-state index is 0.292. The lowest BCUT2D eigenvalue weighted by molar-refractivity contribution is 0.0276. The first-order valence-electron chi connectivity index (χ1n) is 18.4. The molecule has 50 heavy (non-hydrogen) atoms. The quantitative estimate of drug-likeness (QED) is 0.152. The monoisotopic (exact) mass is 661 g/mol. The molecule has 254 valence electrons. The van der Waals surface area contributed by atoms with Crippen molar-refractivity contribution in [1.82, 2.24) is 9.13 Å². The summed E-state index contributed by atoms with van der Waals surface area (Å²) in [6, 6.07) is 34.7. The van der Waals surface area contributed by atoms with Gasteiger partial charge < -0.3 is 18.8 Å². The van der Waals surface area contributed by atoms with Crippen molar-refractivity contribution in [3.8, 4) is 0 Å². The smallest absolute Gasteiger partial charge is 0.340 e. The van der Waals surface area contributed by atoms with Crippen molar-refractivity contribution >= 4 is 39.0 Å². The first kappa shape index (κ1) is 32.2. The van der Waals surface area contributed by atoms with Crippen LogP contribution in [-0.4, -0.2) is 28.2 Å². The van der Waals surface area contributed by atoms with E-state index < -0.39 is 5.60 Å². The maximum atomic E-state index is 13.9. The Balaban J connectivity index is 1.44. The van der Waals surface area contributed by atoms with E-state index in [0.29, 0.717) is 11.6 Å². The average Bonchev–Trinajstić information content (AvgIpc) is 3.73. The lowest BCUT2D eigenvalue weighted by Crippen LogP contribution is -2.33. The second kappa shape index (κ2) is 12.7. The zero-order valence-corrected chi connectivity index (χ0v) is 30.0. The van der Waals surface area contributed by atoms with Crippen LogP contribution in [0.5, 0.6) is 0 Å². The van der Waals surface area contributed by atoms with Gasteiger partial charge in [0.2, 0.25) is 0 Å². The van der Waals surface area contributed by atoms with E-state index in [1.54, 1.807) is 0 Å². The maximum Gasteiger partial charge on any atom is 0.340 e. The number of carbonyl (C=O) groups is 1. The maximum absolute atomic E-state index is 13.9. The Kier molecular flexibility index (Phi) is 8.17. The van der Waals surface area contributed by atoms with E-state index in [1.165, 1.54) is 82.1 Å². The molecule has 6 aromatic rings. The van der Waals surface area contributed by atoms with Crippen molar-refractivity contribution in [3.63, 3.8) is 0 Å². The Morgan fingerprint density at radius 2 is 1.30 bits per heavy atom. The van der Waals surface area contributed by atoms with Crippen LogP contribution in [0, 0.1) is 13.8 Å². The molecule has 1 unspecified atom stereocenters. The zero-order chi connectivity index (χ0) is 34.6. The molecule has 8 rings (SSSR count). The molecule has 0 amide bonds. The third-order valence-corrected chi connectivity index (χ3v) is 11.6. The summed E-state index contributed by atoms with van der Waals surface area (Å²) in [5.74, 6) is -0.292. The van der Waals surface area contributed by atoms with Crippen molar-refractivity contribution < 1.29 is 9.53 Å². The fraction of sp³-hybridized carbons (Fsp3) is 0.311. The van der Waals surface area contributed by atoms with E-state index in [-0.39, 0.29) is 5.97 Å². The summed E-state index contributed by atoms with van der Waals surface area (Å²) in [5.41, 5.74) is 10.8. The highest BCUT2D eigenvalue weighted by molar-refractivity contribution is 6.07. The average molecular weight is 662 g/mol. The highest BCUT2D eigenvalue weighted by Gasteiger charge is 2.46. The lowest BCUT2D eigenvalue weighted by atomic mass is 9.81. The molecule has 2 aliphatic rings. The number of fused-ring (bicyclic) bond motifs is 3. The minimum Gasteiger partial charge on any atom is -0.441 e. The van der Waals surface area contributed by atoms with Crippen molar-refractivity contribution in [3.05, 3.63) is 142 Å². The van der Waals surface area contributed by atoms with Crippen LogP contribution in [0.3, 0.4) is 0 Å². The van der Waals surface area contributed by atoms with Crippen LogP contribution >= 0.6 is 0 Å². The van der Waals surface area contributed by atoms with Crippen LogP contribution in [-0.2, 0) is 23.4 Å². The van der Waals surface area contributed by atoms with Gasteiger partial charge in [-0.3, -0.25) is 0 Å². The Morgan fingerprint density at radius 1 is 0.760 bits per heavy atom. The van der Waals surface area contributed by atoms with E-state index in [2.05, 4.69) is 134 Å². The zero-order valence-electron chi connectivity index (χ0n) is 30.0. The van der Waals surface area contributed by atoms with Gasteiger partial charge in [0.15, 0.2) is 5.60 Å². The second-order valence-corrected chi connectivity index (χ2v) is 14.1. The molecule has 0 N–H and O–H groups in total. The predicted molar refractivity (Wildman–Crippen MR) is 206 cm³/mol. The van der Waals surface area contributed by atoms with Crippen molar-refractivity contribution in [2.24, 2.45) is 0 Å². The van der Waals surface area contributed by atoms with Crippen LogP contribution < -0.4 is 4.90 Å². The number of rotatable bonds is 8. The number of nitrogens with zero attached hydrogens (tertiary/aromatic N) is 3. The minimum atomic E-state index is -1.13. The molecule has 0 bridgehead atoms. The molecule has 4 aromatic carbocycles. The highest BCUT2D eigenvalue weighted by Crippen LogP contribution is 2.49. The Hall–Kier alpha value is -5.03. The molecule has 5 heteroatoms. The number of aryl methyl sites for hydroxylation is 2. The van der Waals surface area contributed by atoms with Gasteiger partial charge in [0.05, 0.1) is 5.56 Å². The van der Waals surface area contributed by atoms with Gasteiger partial charge in [-0.25, -0.2) is 4.79 Å². The molecular formula is C45H47N3O2. The van der Waals surface area contributed by atoms with Crippen molar-refractivity contribution in [2.75, 3.05) is 11.9 Å². The largest absolute Gasteiger partial charge is 0.441 e. The number of esters is 1. The molecule has 2 aromatic heterocycles. The normalized spacial score (nSPS) is 17.7. The van der Waals surface area contributed by atoms with E-state index >= 15 is 0 Å². The van der Waals surface area contributed by atoms with Crippen molar-refractivity contribution in [2.45, 2.75) is 84.5 Å². The van der Waals surface area contributed by atoms with Gasteiger partial charge in [0, 0.05) is 87.3 Å². The van der Waals surface area contributed by atoms with Gasteiger partial charge in [-0.05, 0) is 82.5 Å². The summed E-state index contributed by atoms with van der Waals surface area (Å²) in [6.07, 6.45) is 8.65. The van der Waals surface area contributed by atoms with Crippen LogP contribution in [0.4, 0.5) is 5.69 Å². The predicted octanol–water partition coefficient (Wildman–Crippen LogP) is 10.6. The first-order valence-corrected chi connectivity index (χ1v) is 18.4. The Labute approximate surface area is 295 Å². The van der Waals surface area contributed by atoms with Gasteiger partial charge in [-0.1, -0.05) is 86.0 Å². The second-order valence-electron chi connectivity index (χ2n) is 14.1. The third kappa shape index (κ3) is 4.93. The van der Waals surface area contributed by atoms with Crippen LogP contribution in [0.2, 0.25) is 0 Å². The molecule has 1 aliphatic carbocycles. The molecule has 1 saturated carbocycles. The number of para-hydroxylation sites is 2. The SMILES string of the molecule is CCn1c(C)c(C(=CC2(c3ccc(N(C)C4CCCCC4)cc3)OC(=O)c3ccccc32)c2c(C)n(CC)c3ccccc23)c2ccccc21. The summed E-state index contributed by atoms with van der Waals surface area (Å²) in [6.45, 7) is 10.6. The molecule has 0 saturated heterocycles. The number of hydrogen-bond donors (Lipinski definition) is 0. The Bertz CT molecular complexity index is 2170. The van der Waals surface area contributed by atoms with E-state index in [4.69, 9.17) is 4.74 Å². The fourth-order valence-corrected chi connectivity index (χ4v) is 9.10. The molecular weight excluding hydrogens is 615 g/mol. The molecule has 1 atom stereocenters. The van der Waals surface area contributed by atoms with Gasteiger partial charge in [-0.15, -0.1) is 0 Å². The number of cyclic esters (lactones) is 1. The highest BCUT2D eigenvalue weighted by atomic mass is 16.6. The van der Waals surface area contributed by atoms with Gasteiger partial charge in [0.1, 0.15) is 0 Å². The number of ether oxygens (including phenoxy) is 1. The topological polar surface area (TPSA) is 39.4 Å². The van der Waals surface area contributed by atoms with Gasteiger partial charge >= 0.3 is 5.97 Å². The number of anilines is 1. The summed E-state index contributed by atoms with van der Waals surface area (Å²) >= 11 is 0. The molecule has 1 aliphatic heterocycles. The fourth-order valence-electron chi connectivity index (χ4n) is 9.10. The lowest BCUT2D eigenvalue weighted by Gasteiger charge is -2.34. The first-order chi connectivity index (χ1) is 24.4. The summed E-state index contributed by atoms with van der Waals surface area (Å²) < 4.78 is 11.5. The third-order valence-electron chi connectivity index (χ3n) is 11.6. The summed E-state index contributed by atoms with van der Waals surface area (Å²) in [4.78, 5) is 16.3. The van der Waals surface area contributed by atoms with Crippen LogP contribution in [0.1, 0.15) is 90.0 Å². The number of hydrogen-bond acceptors (Lipinski definition) is 3. The molecule has 5 nitrogen and oxygen atoms in total. The summed E-state index contributed by atoms with van der Waals surface area (Å²) in [5, 5.41) is 2.39. The van der Waals surface area contributed by atoms with Gasteiger partial charge in [-0.2, -0.15) is 0 Å². The van der Waals surface area contributed by atoms with Crippen molar-refractivity contribution in [1.29, 1.82) is 0 Å². The van der Waals surface area contributed by atoms with E-state index in [1.807, 2.05) is 18.2 Å². The molecule has 3 heterocycles. The number of aromatic nitrogens is 2. The molecule has 0 spiro atoms. The van der Waals surface area contributed by atoms with Gasteiger partial charge in [0.25, 0.3) is 0 Å². The van der Waals surface area contributed by atoms with Crippen LogP contribution in [0.25, 0.3) is 27.4 Å². The number of benzene rings is 4. The molecule has 1 fully saturated rings. The molecule has 0 radical (unpaired) electrons. The van der Waals surface area contributed by atoms with E-state index in [9.17, 15) is 4.79 Å². The van der Waals surface area contributed by atoms with Crippen LogP contribution in [0.15, 0.2) is 103 Å². The Morgan fingerprint density at radius 3 is 1.88 bits per heavy atom. The standard InChI is InChI=1S/C45H47N3O2/c1-6-47-30(3)42(36-20-12-15-23-40(36)47)38(43-31(4)48(7-2)41-24-16-13-21-37(41)43)29-45(39-22-14-11-19-35(39)44(49)50-45)32-25-27-34(28-26-32)46(5)33-17-9-8-10-18-33/h11-16,19-29,33H,6-10,17-18H2,1-5H3. The van der Waals surface area contributed by atoms with E-state index in [0.717, 1.165) is 29.8 Å². The summed E-state index contributed by atoms with van der Waals surface area (Å²) in [7, 11) is 2.22.